The van der Waals surface area contributed by atoms with E-state index >= 15 is 0 Å². The third-order valence-electron chi connectivity index (χ3n) is 5.66. The molecule has 0 radical (unpaired) electrons. The van der Waals surface area contributed by atoms with Crippen molar-refractivity contribution in [2.75, 3.05) is 33.4 Å². The normalized spacial score (nSPS) is 15.3. The number of ether oxygens (including phenoxy) is 4. The molecule has 166 valence electrons. The first kappa shape index (κ1) is 21.6. The van der Waals surface area contributed by atoms with Crippen molar-refractivity contribution in [2.24, 2.45) is 5.10 Å². The molecule has 1 aliphatic heterocycles. The lowest BCUT2D eigenvalue weighted by atomic mass is 9.98. The van der Waals surface area contributed by atoms with Crippen molar-refractivity contribution < 1.29 is 18.9 Å². The molecule has 0 spiro atoms. The smallest absolute Gasteiger partial charge is 0.161 e. The highest BCUT2D eigenvalue weighted by Crippen LogP contribution is 2.34. The van der Waals surface area contributed by atoms with Crippen molar-refractivity contribution in [3.05, 3.63) is 77.9 Å². The van der Waals surface area contributed by atoms with Gasteiger partial charge >= 0.3 is 0 Å². The average molecular weight is 433 g/mol. The molecule has 3 aromatic rings. The third-order valence-corrected chi connectivity index (χ3v) is 5.66. The maximum Gasteiger partial charge on any atom is 0.161 e. The van der Waals surface area contributed by atoms with Gasteiger partial charge in [0.25, 0.3) is 0 Å². The van der Waals surface area contributed by atoms with Crippen LogP contribution in [0.5, 0.6) is 23.0 Å². The molecule has 0 amide bonds. The molecule has 1 aliphatic rings. The molecular formula is C26H28N2O4. The van der Waals surface area contributed by atoms with Crippen LogP contribution >= 0.6 is 0 Å². The second kappa shape index (κ2) is 9.64. The molecule has 4 rings (SSSR count). The molecule has 0 fully saturated rings. The zero-order valence-corrected chi connectivity index (χ0v) is 18.9. The Hall–Kier alpha value is -3.67. The van der Waals surface area contributed by atoms with E-state index in [1.165, 1.54) is 0 Å². The van der Waals surface area contributed by atoms with Gasteiger partial charge in [0.2, 0.25) is 0 Å². The van der Waals surface area contributed by atoms with E-state index in [0.717, 1.165) is 46.9 Å². The van der Waals surface area contributed by atoms with Gasteiger partial charge in [0, 0.05) is 12.0 Å². The maximum absolute atomic E-state index is 5.50. The van der Waals surface area contributed by atoms with Gasteiger partial charge in [-0.25, -0.2) is 0 Å². The third kappa shape index (κ3) is 4.35. The van der Waals surface area contributed by atoms with Crippen LogP contribution in [0.15, 0.2) is 71.8 Å². The van der Waals surface area contributed by atoms with Crippen LogP contribution in [0.4, 0.5) is 5.69 Å². The number of rotatable bonds is 8. The summed E-state index contributed by atoms with van der Waals surface area (Å²) in [7, 11) is 6.59. The van der Waals surface area contributed by atoms with Gasteiger partial charge in [0.15, 0.2) is 23.0 Å². The second-order valence-corrected chi connectivity index (χ2v) is 7.55. The molecule has 6 nitrogen and oxygen atoms in total. The number of hydrazone groups is 1. The first-order valence-electron chi connectivity index (χ1n) is 10.5. The molecule has 0 aliphatic carbocycles. The largest absolute Gasteiger partial charge is 0.493 e. The quantitative estimate of drug-likeness (QED) is 0.504. The molecule has 1 unspecified atom stereocenters. The lowest BCUT2D eigenvalue weighted by Gasteiger charge is -2.24. The Balaban J connectivity index is 1.66. The van der Waals surface area contributed by atoms with E-state index in [1.54, 1.807) is 28.4 Å². The number of anilines is 1. The van der Waals surface area contributed by atoms with E-state index in [4.69, 9.17) is 24.0 Å². The number of para-hydroxylation sites is 1. The zero-order valence-electron chi connectivity index (χ0n) is 18.9. The SMILES string of the molecule is COc1ccc(CC2CC(c3ccc(OC)c(OC)c3)=NN2c2ccccc2)cc1OC. The summed E-state index contributed by atoms with van der Waals surface area (Å²) in [5.41, 5.74) is 4.27. The Morgan fingerprint density at radius 1 is 0.750 bits per heavy atom. The van der Waals surface area contributed by atoms with Gasteiger partial charge in [-0.15, -0.1) is 0 Å². The van der Waals surface area contributed by atoms with E-state index in [1.807, 2.05) is 48.5 Å². The number of hydrogen-bond acceptors (Lipinski definition) is 6. The number of methoxy groups -OCH3 is 4. The van der Waals surface area contributed by atoms with Crippen LogP contribution < -0.4 is 24.0 Å². The molecule has 0 saturated heterocycles. The minimum Gasteiger partial charge on any atom is -0.493 e. The predicted molar refractivity (Wildman–Crippen MR) is 127 cm³/mol. The van der Waals surface area contributed by atoms with Crippen molar-refractivity contribution in [3.63, 3.8) is 0 Å². The Morgan fingerprint density at radius 3 is 2.03 bits per heavy atom. The van der Waals surface area contributed by atoms with E-state index in [0.29, 0.717) is 11.5 Å². The second-order valence-electron chi connectivity index (χ2n) is 7.55. The topological polar surface area (TPSA) is 52.5 Å². The van der Waals surface area contributed by atoms with Crippen molar-refractivity contribution in [2.45, 2.75) is 18.9 Å². The summed E-state index contributed by atoms with van der Waals surface area (Å²) in [4.78, 5) is 0. The van der Waals surface area contributed by atoms with Gasteiger partial charge < -0.3 is 18.9 Å². The standard InChI is InChI=1S/C26H28N2O4/c1-29-23-12-10-18(15-25(23)31-3)14-21-17-22(27-28(21)20-8-6-5-7-9-20)19-11-13-24(30-2)26(16-19)32-4/h5-13,15-16,21H,14,17H2,1-4H3. The summed E-state index contributed by atoms with van der Waals surface area (Å²) < 4.78 is 21.8. The summed E-state index contributed by atoms with van der Waals surface area (Å²) in [5.74, 6) is 2.86. The lowest BCUT2D eigenvalue weighted by Crippen LogP contribution is -2.28. The van der Waals surface area contributed by atoms with E-state index in [2.05, 4.69) is 23.2 Å². The van der Waals surface area contributed by atoms with Gasteiger partial charge in [-0.3, -0.25) is 5.01 Å². The molecule has 0 bridgehead atoms. The monoisotopic (exact) mass is 432 g/mol. The molecule has 1 atom stereocenters. The van der Waals surface area contributed by atoms with Crippen molar-refractivity contribution in [1.82, 2.24) is 0 Å². The lowest BCUT2D eigenvalue weighted by molar-refractivity contribution is 0.354. The fourth-order valence-corrected chi connectivity index (χ4v) is 4.04. The summed E-state index contributed by atoms with van der Waals surface area (Å²) in [6.07, 6.45) is 1.62. The predicted octanol–water partition coefficient (Wildman–Crippen LogP) is 4.95. The summed E-state index contributed by atoms with van der Waals surface area (Å²) >= 11 is 0. The molecule has 1 heterocycles. The van der Waals surface area contributed by atoms with E-state index in [9.17, 15) is 0 Å². The number of benzene rings is 3. The van der Waals surface area contributed by atoms with Crippen LogP contribution in [0.2, 0.25) is 0 Å². The molecule has 0 N–H and O–H groups in total. The van der Waals surface area contributed by atoms with Crippen LogP contribution in [0.1, 0.15) is 17.5 Å². The maximum atomic E-state index is 5.50. The fraction of sp³-hybridized carbons (Fsp3) is 0.269. The highest BCUT2D eigenvalue weighted by Gasteiger charge is 2.29. The summed E-state index contributed by atoms with van der Waals surface area (Å²) in [6.45, 7) is 0. The first-order chi connectivity index (χ1) is 15.7. The van der Waals surface area contributed by atoms with Gasteiger partial charge in [-0.2, -0.15) is 5.10 Å². The minimum atomic E-state index is 0.165. The molecule has 3 aromatic carbocycles. The van der Waals surface area contributed by atoms with Crippen LogP contribution in [0, 0.1) is 0 Å². The van der Waals surface area contributed by atoms with Crippen molar-refractivity contribution in [1.29, 1.82) is 0 Å². The van der Waals surface area contributed by atoms with Crippen molar-refractivity contribution >= 4 is 11.4 Å². The Bertz CT molecular complexity index is 1100. The van der Waals surface area contributed by atoms with Crippen molar-refractivity contribution in [3.8, 4) is 23.0 Å². The highest BCUT2D eigenvalue weighted by molar-refractivity contribution is 6.03. The minimum absolute atomic E-state index is 0.165. The Kier molecular flexibility index (Phi) is 6.50. The first-order valence-corrected chi connectivity index (χ1v) is 10.5. The van der Waals surface area contributed by atoms with Crippen LogP contribution in [0.25, 0.3) is 0 Å². The van der Waals surface area contributed by atoms with Gasteiger partial charge in [0.05, 0.1) is 45.9 Å². The van der Waals surface area contributed by atoms with Gasteiger partial charge in [-0.1, -0.05) is 24.3 Å². The van der Waals surface area contributed by atoms with Crippen LogP contribution in [-0.2, 0) is 6.42 Å². The number of nitrogens with zero attached hydrogens (tertiary/aromatic N) is 2. The Morgan fingerprint density at radius 2 is 1.38 bits per heavy atom. The molecular weight excluding hydrogens is 404 g/mol. The molecule has 0 aromatic heterocycles. The van der Waals surface area contributed by atoms with Crippen LogP contribution in [0.3, 0.4) is 0 Å². The van der Waals surface area contributed by atoms with Gasteiger partial charge in [0.1, 0.15) is 0 Å². The molecule has 32 heavy (non-hydrogen) atoms. The zero-order chi connectivity index (χ0) is 22.5. The fourth-order valence-electron chi connectivity index (χ4n) is 4.04. The van der Waals surface area contributed by atoms with E-state index in [-0.39, 0.29) is 6.04 Å². The molecule has 0 saturated carbocycles. The Labute approximate surface area is 189 Å². The highest BCUT2D eigenvalue weighted by atomic mass is 16.5. The van der Waals surface area contributed by atoms with Crippen LogP contribution in [-0.4, -0.2) is 40.2 Å². The van der Waals surface area contributed by atoms with Gasteiger partial charge in [-0.05, 0) is 54.4 Å². The summed E-state index contributed by atoms with van der Waals surface area (Å²) in [6, 6.07) is 22.4. The average Bonchev–Trinajstić information content (AvgIpc) is 3.27. The molecule has 6 heteroatoms. The summed E-state index contributed by atoms with van der Waals surface area (Å²) in [5, 5.41) is 7.12. The number of hydrogen-bond donors (Lipinski definition) is 0. The van der Waals surface area contributed by atoms with E-state index < -0.39 is 0 Å².